The minimum Gasteiger partial charge on any atom is -0.388 e. The summed E-state index contributed by atoms with van der Waals surface area (Å²) >= 11 is 0. The Morgan fingerprint density at radius 3 is 2.30 bits per heavy atom. The van der Waals surface area contributed by atoms with Crippen molar-refractivity contribution in [3.8, 4) is 0 Å². The summed E-state index contributed by atoms with van der Waals surface area (Å²) in [7, 11) is 0. The van der Waals surface area contributed by atoms with E-state index in [4.69, 9.17) is 0 Å². The molecule has 1 rings (SSSR count). The van der Waals surface area contributed by atoms with E-state index in [9.17, 15) is 5.11 Å². The summed E-state index contributed by atoms with van der Waals surface area (Å²) < 4.78 is 0. The van der Waals surface area contributed by atoms with E-state index in [2.05, 4.69) is 34.4 Å². The third-order valence-corrected chi connectivity index (χ3v) is 3.04. The maximum atomic E-state index is 10.2. The number of nitrogens with zero attached hydrogens (tertiary/aromatic N) is 2. The maximum Gasteiger partial charge on any atom is 0.133 e. The molecule has 0 saturated heterocycles. The lowest BCUT2D eigenvalue weighted by molar-refractivity contribution is 0.0636. The molecule has 1 aromatic rings. The molecular formula is C15H28N4O. The van der Waals surface area contributed by atoms with Gasteiger partial charge < -0.3 is 15.7 Å². The predicted octanol–water partition coefficient (Wildman–Crippen LogP) is 2.82. The summed E-state index contributed by atoms with van der Waals surface area (Å²) in [5, 5.41) is 16.6. The lowest BCUT2D eigenvalue weighted by atomic mass is 10.0. The van der Waals surface area contributed by atoms with Crippen LogP contribution in [-0.4, -0.2) is 33.8 Å². The number of anilines is 2. The fourth-order valence-corrected chi connectivity index (χ4v) is 2.10. The minimum absolute atomic E-state index is 0.495. The van der Waals surface area contributed by atoms with E-state index in [-0.39, 0.29) is 0 Å². The van der Waals surface area contributed by atoms with Gasteiger partial charge in [0.1, 0.15) is 17.5 Å². The number of hydrogen-bond donors (Lipinski definition) is 3. The lowest BCUT2D eigenvalue weighted by Crippen LogP contribution is -2.33. The Bertz CT molecular complexity index is 383. The Morgan fingerprint density at radius 1 is 1.10 bits per heavy atom. The first-order valence-corrected chi connectivity index (χ1v) is 7.58. The van der Waals surface area contributed by atoms with Crippen molar-refractivity contribution in [2.24, 2.45) is 0 Å². The summed E-state index contributed by atoms with van der Waals surface area (Å²) in [6.45, 7) is 9.40. The van der Waals surface area contributed by atoms with Gasteiger partial charge in [-0.1, -0.05) is 20.3 Å². The molecule has 0 aromatic carbocycles. The first kappa shape index (κ1) is 16.7. The van der Waals surface area contributed by atoms with Gasteiger partial charge in [-0.2, -0.15) is 0 Å². The molecule has 5 heteroatoms. The van der Waals surface area contributed by atoms with Crippen molar-refractivity contribution in [2.75, 3.05) is 23.7 Å². The van der Waals surface area contributed by atoms with Crippen LogP contribution in [0.4, 0.5) is 11.6 Å². The van der Waals surface area contributed by atoms with E-state index in [0.717, 1.165) is 49.7 Å². The van der Waals surface area contributed by atoms with E-state index in [1.165, 1.54) is 0 Å². The summed E-state index contributed by atoms with van der Waals surface area (Å²) in [6.07, 6.45) is 3.61. The van der Waals surface area contributed by atoms with E-state index in [0.29, 0.717) is 6.54 Å². The van der Waals surface area contributed by atoms with E-state index < -0.39 is 5.60 Å². The molecule has 114 valence electrons. The molecule has 1 atom stereocenters. The van der Waals surface area contributed by atoms with E-state index in [1.807, 2.05) is 19.9 Å². The number of nitrogens with one attached hydrogen (secondary N) is 2. The van der Waals surface area contributed by atoms with Crippen LogP contribution in [0, 0.1) is 0 Å². The highest BCUT2D eigenvalue weighted by molar-refractivity contribution is 5.47. The molecule has 0 fully saturated rings. The van der Waals surface area contributed by atoms with Crippen LogP contribution in [0.1, 0.15) is 52.8 Å². The van der Waals surface area contributed by atoms with Gasteiger partial charge in [-0.25, -0.2) is 9.97 Å². The van der Waals surface area contributed by atoms with Crippen molar-refractivity contribution in [2.45, 2.75) is 59.0 Å². The van der Waals surface area contributed by atoms with Crippen LogP contribution < -0.4 is 10.6 Å². The summed E-state index contributed by atoms with van der Waals surface area (Å²) in [6, 6.07) is 1.89. The molecule has 0 aliphatic rings. The molecule has 0 spiro atoms. The second kappa shape index (κ2) is 8.04. The van der Waals surface area contributed by atoms with Crippen LogP contribution >= 0.6 is 0 Å². The Labute approximate surface area is 122 Å². The van der Waals surface area contributed by atoms with Crippen molar-refractivity contribution in [1.82, 2.24) is 9.97 Å². The average molecular weight is 280 g/mol. The van der Waals surface area contributed by atoms with Gasteiger partial charge in [0.05, 0.1) is 5.60 Å². The highest BCUT2D eigenvalue weighted by Crippen LogP contribution is 2.16. The van der Waals surface area contributed by atoms with Crippen molar-refractivity contribution >= 4 is 11.6 Å². The van der Waals surface area contributed by atoms with Gasteiger partial charge in [-0.3, -0.25) is 0 Å². The van der Waals surface area contributed by atoms with Gasteiger partial charge in [0.2, 0.25) is 0 Å². The van der Waals surface area contributed by atoms with Crippen molar-refractivity contribution in [3.63, 3.8) is 0 Å². The summed E-state index contributed by atoms with van der Waals surface area (Å²) in [5.74, 6) is 2.45. The van der Waals surface area contributed by atoms with Crippen LogP contribution in [0.15, 0.2) is 6.07 Å². The molecular weight excluding hydrogens is 252 g/mol. The van der Waals surface area contributed by atoms with E-state index >= 15 is 0 Å². The van der Waals surface area contributed by atoms with Crippen molar-refractivity contribution < 1.29 is 5.11 Å². The molecule has 1 unspecified atom stereocenters. The minimum atomic E-state index is -0.705. The molecule has 0 aliphatic carbocycles. The SMILES string of the molecule is CCCc1nc(NCC)cc(NCC(C)(O)CCC)n1. The molecule has 5 nitrogen and oxygen atoms in total. The van der Waals surface area contributed by atoms with Crippen LogP contribution in [0.3, 0.4) is 0 Å². The zero-order valence-corrected chi connectivity index (χ0v) is 13.2. The molecule has 1 aromatic heterocycles. The molecule has 0 bridgehead atoms. The zero-order chi connectivity index (χ0) is 15.0. The van der Waals surface area contributed by atoms with Crippen molar-refractivity contribution in [3.05, 3.63) is 11.9 Å². The molecule has 0 aliphatic heterocycles. The number of aryl methyl sites for hydroxylation is 1. The highest BCUT2D eigenvalue weighted by Gasteiger charge is 2.19. The third-order valence-electron chi connectivity index (χ3n) is 3.04. The topological polar surface area (TPSA) is 70.1 Å². The van der Waals surface area contributed by atoms with Gasteiger partial charge in [-0.15, -0.1) is 0 Å². The molecule has 0 saturated carbocycles. The fraction of sp³-hybridized carbons (Fsp3) is 0.733. The van der Waals surface area contributed by atoms with Crippen molar-refractivity contribution in [1.29, 1.82) is 0 Å². The van der Waals surface area contributed by atoms with Gasteiger partial charge in [0.15, 0.2) is 0 Å². The molecule has 0 radical (unpaired) electrons. The highest BCUT2D eigenvalue weighted by atomic mass is 16.3. The average Bonchev–Trinajstić information content (AvgIpc) is 2.37. The smallest absolute Gasteiger partial charge is 0.133 e. The number of aromatic nitrogens is 2. The largest absolute Gasteiger partial charge is 0.388 e. The molecule has 0 amide bonds. The zero-order valence-electron chi connectivity index (χ0n) is 13.2. The standard InChI is InChI=1S/C15H28N4O/c1-5-8-12-18-13(16-7-3)10-14(19-12)17-11-15(4,20)9-6-2/h10,20H,5-9,11H2,1-4H3,(H2,16,17,18,19). The quantitative estimate of drug-likeness (QED) is 0.649. The number of hydrogen-bond acceptors (Lipinski definition) is 5. The normalized spacial score (nSPS) is 13.8. The third kappa shape index (κ3) is 5.74. The van der Waals surface area contributed by atoms with Gasteiger partial charge in [-0.05, 0) is 26.7 Å². The number of rotatable bonds is 9. The van der Waals surface area contributed by atoms with Gasteiger partial charge >= 0.3 is 0 Å². The maximum absolute atomic E-state index is 10.2. The second-order valence-corrected chi connectivity index (χ2v) is 5.44. The summed E-state index contributed by atoms with van der Waals surface area (Å²) in [4.78, 5) is 8.96. The second-order valence-electron chi connectivity index (χ2n) is 5.44. The first-order valence-electron chi connectivity index (χ1n) is 7.58. The summed E-state index contributed by atoms with van der Waals surface area (Å²) in [5.41, 5.74) is -0.705. The lowest BCUT2D eigenvalue weighted by Gasteiger charge is -2.23. The van der Waals surface area contributed by atoms with Gasteiger partial charge in [0.25, 0.3) is 0 Å². The fourth-order valence-electron chi connectivity index (χ4n) is 2.10. The first-order chi connectivity index (χ1) is 9.50. The van der Waals surface area contributed by atoms with Crippen LogP contribution in [0.2, 0.25) is 0 Å². The van der Waals surface area contributed by atoms with Crippen LogP contribution in [0.5, 0.6) is 0 Å². The Morgan fingerprint density at radius 2 is 1.75 bits per heavy atom. The number of aliphatic hydroxyl groups is 1. The van der Waals surface area contributed by atoms with Crippen LogP contribution in [0.25, 0.3) is 0 Å². The van der Waals surface area contributed by atoms with E-state index in [1.54, 1.807) is 0 Å². The van der Waals surface area contributed by atoms with Crippen LogP contribution in [-0.2, 0) is 6.42 Å². The molecule has 1 heterocycles. The monoisotopic (exact) mass is 280 g/mol. The Kier molecular flexibility index (Phi) is 6.71. The molecule has 3 N–H and O–H groups in total. The Hall–Kier alpha value is -1.36. The van der Waals surface area contributed by atoms with Gasteiger partial charge in [0, 0.05) is 25.6 Å². The molecule has 20 heavy (non-hydrogen) atoms. The predicted molar refractivity (Wildman–Crippen MR) is 84.2 cm³/mol. The Balaban J connectivity index is 2.77.